The SMILES string of the molecule is NNC(=O)c1ccccc1[N+](=O)[O-].O=[N+]([O-])c1cc([N+](=O)[O-])c(O)c([N+](=O)[O-])c1. The molecule has 1 amide bonds. The number of hydrogen-bond donors (Lipinski definition) is 3. The number of nitro groups is 4. The summed E-state index contributed by atoms with van der Waals surface area (Å²) in [4.78, 5) is 48.6. The molecule has 2 rings (SSSR count). The smallest absolute Gasteiger partial charge is 0.324 e. The number of benzene rings is 2. The molecule has 0 unspecified atom stereocenters. The summed E-state index contributed by atoms with van der Waals surface area (Å²) in [6.07, 6.45) is 0. The zero-order valence-electron chi connectivity index (χ0n) is 14.0. The number of phenols is 1. The van der Waals surface area contributed by atoms with E-state index in [1.807, 2.05) is 5.43 Å². The van der Waals surface area contributed by atoms with E-state index in [0.717, 1.165) is 0 Å². The second-order valence-electron chi connectivity index (χ2n) is 4.85. The average molecular weight is 410 g/mol. The van der Waals surface area contributed by atoms with Crippen LogP contribution in [0, 0.1) is 40.5 Å². The summed E-state index contributed by atoms with van der Waals surface area (Å²) in [5, 5.41) is 50.6. The van der Waals surface area contributed by atoms with Gasteiger partial charge in [0.05, 0.1) is 31.8 Å². The van der Waals surface area contributed by atoms with E-state index in [-0.39, 0.29) is 11.3 Å². The first-order valence-corrected chi connectivity index (χ1v) is 7.05. The number of hydrazine groups is 1. The van der Waals surface area contributed by atoms with Crippen molar-refractivity contribution in [1.82, 2.24) is 5.43 Å². The Hall–Kier alpha value is -4.73. The molecule has 2 aromatic carbocycles. The number of non-ortho nitro benzene ring substituents is 1. The van der Waals surface area contributed by atoms with Gasteiger partial charge in [0, 0.05) is 6.07 Å². The molecule has 4 N–H and O–H groups in total. The molecule has 0 aromatic heterocycles. The zero-order valence-corrected chi connectivity index (χ0v) is 14.0. The minimum atomic E-state index is -1.21. The standard InChI is InChI=1S/C7H7N3O3.C6H3N3O7/c8-9-7(11)5-3-1-2-4-6(5)10(12)13;10-6-4(8(13)14)1-3(7(11)12)2-5(6)9(15)16/h1-4H,8H2,(H,9,11);1-2,10H. The summed E-state index contributed by atoms with van der Waals surface area (Å²) in [6.45, 7) is 0. The van der Waals surface area contributed by atoms with Crippen molar-refractivity contribution in [3.8, 4) is 5.75 Å². The van der Waals surface area contributed by atoms with E-state index in [1.165, 1.54) is 24.3 Å². The van der Waals surface area contributed by atoms with Gasteiger partial charge in [-0.1, -0.05) is 12.1 Å². The van der Waals surface area contributed by atoms with E-state index in [0.29, 0.717) is 12.1 Å². The lowest BCUT2D eigenvalue weighted by atomic mass is 10.2. The minimum Gasteiger partial charge on any atom is -0.497 e. The van der Waals surface area contributed by atoms with Crippen LogP contribution in [0.1, 0.15) is 10.4 Å². The number of nitrogens with one attached hydrogen (secondary N) is 1. The van der Waals surface area contributed by atoms with Gasteiger partial charge in [0.2, 0.25) is 0 Å². The van der Waals surface area contributed by atoms with E-state index in [2.05, 4.69) is 0 Å². The van der Waals surface area contributed by atoms with Crippen molar-refractivity contribution >= 4 is 28.7 Å². The van der Waals surface area contributed by atoms with Gasteiger partial charge in [-0.05, 0) is 6.07 Å². The number of amides is 1. The third kappa shape index (κ3) is 5.37. The lowest BCUT2D eigenvalue weighted by Gasteiger charge is -1.99. The summed E-state index contributed by atoms with van der Waals surface area (Å²) in [6, 6.07) is 6.47. The monoisotopic (exact) mass is 410 g/mol. The maximum atomic E-state index is 11.0. The third-order valence-corrected chi connectivity index (χ3v) is 3.14. The number of nitrogens with two attached hydrogens (primary N) is 1. The molecule has 0 bridgehead atoms. The van der Waals surface area contributed by atoms with Crippen molar-refractivity contribution in [2.24, 2.45) is 5.84 Å². The van der Waals surface area contributed by atoms with Gasteiger partial charge in [-0.25, -0.2) is 5.84 Å². The Kier molecular flexibility index (Phi) is 7.14. The quantitative estimate of drug-likeness (QED) is 0.274. The molecular weight excluding hydrogens is 400 g/mol. The molecule has 0 aliphatic heterocycles. The number of nitrogen functional groups attached to an aromatic ring is 1. The molecular formula is C13H10N6O10. The number of nitrogens with zero attached hydrogens (tertiary/aromatic N) is 4. The van der Waals surface area contributed by atoms with Crippen LogP contribution in [-0.4, -0.2) is 30.7 Å². The summed E-state index contributed by atoms with van der Waals surface area (Å²) in [7, 11) is 0. The largest absolute Gasteiger partial charge is 0.497 e. The second-order valence-corrected chi connectivity index (χ2v) is 4.85. The number of para-hydroxylation sites is 1. The van der Waals surface area contributed by atoms with Crippen molar-refractivity contribution in [2.75, 3.05) is 0 Å². The van der Waals surface area contributed by atoms with Crippen LogP contribution in [0.4, 0.5) is 22.7 Å². The highest BCUT2D eigenvalue weighted by atomic mass is 16.6. The Bertz CT molecular complexity index is 972. The zero-order chi connectivity index (χ0) is 22.3. The van der Waals surface area contributed by atoms with E-state index < -0.39 is 48.4 Å². The molecule has 2 aromatic rings. The van der Waals surface area contributed by atoms with Crippen molar-refractivity contribution in [2.45, 2.75) is 0 Å². The fourth-order valence-electron chi connectivity index (χ4n) is 1.88. The van der Waals surface area contributed by atoms with Gasteiger partial charge >= 0.3 is 11.4 Å². The summed E-state index contributed by atoms with van der Waals surface area (Å²) >= 11 is 0. The Labute approximate surface area is 158 Å². The molecule has 16 nitrogen and oxygen atoms in total. The third-order valence-electron chi connectivity index (χ3n) is 3.14. The van der Waals surface area contributed by atoms with Crippen molar-refractivity contribution in [1.29, 1.82) is 0 Å². The fourth-order valence-corrected chi connectivity index (χ4v) is 1.88. The van der Waals surface area contributed by atoms with Crippen LogP contribution >= 0.6 is 0 Å². The highest BCUT2D eigenvalue weighted by molar-refractivity contribution is 5.97. The average Bonchev–Trinajstić information content (AvgIpc) is 2.67. The first kappa shape index (κ1) is 22.3. The number of phenolic OH excluding ortho intramolecular Hbond substituents is 1. The van der Waals surface area contributed by atoms with Gasteiger partial charge in [-0.2, -0.15) is 0 Å². The maximum absolute atomic E-state index is 11.0. The molecule has 0 aliphatic carbocycles. The van der Waals surface area contributed by atoms with Crippen LogP contribution < -0.4 is 11.3 Å². The number of carbonyl (C=O) groups is 1. The van der Waals surface area contributed by atoms with E-state index >= 15 is 0 Å². The highest BCUT2D eigenvalue weighted by Crippen LogP contribution is 2.38. The topological polar surface area (TPSA) is 248 Å². The number of hydrogen-bond acceptors (Lipinski definition) is 11. The Morgan fingerprint density at radius 1 is 0.828 bits per heavy atom. The van der Waals surface area contributed by atoms with Crippen molar-refractivity contribution < 1.29 is 29.6 Å². The van der Waals surface area contributed by atoms with Crippen molar-refractivity contribution in [3.63, 3.8) is 0 Å². The molecule has 0 fully saturated rings. The van der Waals surface area contributed by atoms with E-state index in [4.69, 9.17) is 10.9 Å². The number of rotatable bonds is 5. The van der Waals surface area contributed by atoms with Crippen LogP contribution in [0.3, 0.4) is 0 Å². The molecule has 0 saturated heterocycles. The summed E-state index contributed by atoms with van der Waals surface area (Å²) < 4.78 is 0. The number of nitro benzene ring substituents is 4. The van der Waals surface area contributed by atoms with Crippen LogP contribution in [0.15, 0.2) is 36.4 Å². The lowest BCUT2D eigenvalue weighted by molar-refractivity contribution is -0.404. The highest BCUT2D eigenvalue weighted by Gasteiger charge is 2.30. The fraction of sp³-hybridized carbons (Fsp3) is 0. The molecule has 0 spiro atoms. The van der Waals surface area contributed by atoms with Crippen molar-refractivity contribution in [3.05, 3.63) is 82.4 Å². The predicted octanol–water partition coefficient (Wildman–Crippen LogP) is 1.32. The molecule has 0 saturated carbocycles. The van der Waals surface area contributed by atoms with Crippen LogP contribution in [0.5, 0.6) is 5.75 Å². The Morgan fingerprint density at radius 3 is 1.66 bits per heavy atom. The van der Waals surface area contributed by atoms with Gasteiger partial charge in [0.15, 0.2) is 0 Å². The van der Waals surface area contributed by atoms with Gasteiger partial charge < -0.3 is 5.11 Å². The van der Waals surface area contributed by atoms with Gasteiger partial charge in [0.1, 0.15) is 5.56 Å². The Morgan fingerprint density at radius 2 is 1.28 bits per heavy atom. The maximum Gasteiger partial charge on any atom is 0.324 e. The lowest BCUT2D eigenvalue weighted by Crippen LogP contribution is -2.30. The first-order valence-electron chi connectivity index (χ1n) is 7.05. The van der Waals surface area contributed by atoms with Crippen LogP contribution in [0.2, 0.25) is 0 Å². The molecule has 0 atom stereocenters. The Balaban J connectivity index is 0.000000296. The molecule has 0 heterocycles. The molecule has 0 aliphatic rings. The minimum absolute atomic E-state index is 0.0463. The molecule has 0 radical (unpaired) electrons. The summed E-state index contributed by atoms with van der Waals surface area (Å²) in [5.41, 5.74) is -1.47. The van der Waals surface area contributed by atoms with Gasteiger partial charge in [0.25, 0.3) is 23.0 Å². The van der Waals surface area contributed by atoms with Crippen LogP contribution in [-0.2, 0) is 0 Å². The van der Waals surface area contributed by atoms with Crippen LogP contribution in [0.25, 0.3) is 0 Å². The molecule has 16 heteroatoms. The molecule has 152 valence electrons. The number of aromatic hydroxyl groups is 1. The second kappa shape index (κ2) is 9.28. The normalized spacial score (nSPS) is 9.55. The number of carbonyl (C=O) groups excluding carboxylic acids is 1. The molecule has 29 heavy (non-hydrogen) atoms. The van der Waals surface area contributed by atoms with E-state index in [9.17, 15) is 45.3 Å². The van der Waals surface area contributed by atoms with Gasteiger partial charge in [-0.15, -0.1) is 0 Å². The predicted molar refractivity (Wildman–Crippen MR) is 92.8 cm³/mol. The van der Waals surface area contributed by atoms with Gasteiger partial charge in [-0.3, -0.25) is 50.7 Å². The first-order chi connectivity index (χ1) is 13.5. The van der Waals surface area contributed by atoms with E-state index in [1.54, 1.807) is 0 Å². The summed E-state index contributed by atoms with van der Waals surface area (Å²) in [5.74, 6) is 2.97.